The third-order valence-corrected chi connectivity index (χ3v) is 3.59. The van der Waals surface area contributed by atoms with Gasteiger partial charge in [0.1, 0.15) is 0 Å². The third-order valence-electron chi connectivity index (χ3n) is 3.59. The van der Waals surface area contributed by atoms with Crippen molar-refractivity contribution in [2.75, 3.05) is 19.7 Å². The van der Waals surface area contributed by atoms with Crippen LogP contribution in [0.4, 0.5) is 0 Å². The minimum absolute atomic E-state index is 0.106. The van der Waals surface area contributed by atoms with E-state index < -0.39 is 0 Å². The van der Waals surface area contributed by atoms with Gasteiger partial charge in [-0.05, 0) is 39.3 Å². The highest BCUT2D eigenvalue weighted by Crippen LogP contribution is 2.24. The largest absolute Gasteiger partial charge is 0.466 e. The maximum absolute atomic E-state index is 11.3. The lowest BCUT2D eigenvalue weighted by molar-refractivity contribution is -0.143. The van der Waals surface area contributed by atoms with Gasteiger partial charge in [0, 0.05) is 30.8 Å². The molecular formula is C14H23N3O2. The van der Waals surface area contributed by atoms with E-state index in [0.29, 0.717) is 18.9 Å². The van der Waals surface area contributed by atoms with E-state index in [1.165, 1.54) is 18.5 Å². The molecule has 5 nitrogen and oxygen atoms in total. The predicted molar refractivity (Wildman–Crippen MR) is 72.9 cm³/mol. The van der Waals surface area contributed by atoms with E-state index in [1.807, 2.05) is 19.4 Å². The minimum atomic E-state index is -0.106. The Hall–Kier alpha value is -1.36. The Bertz CT molecular complexity index is 397. The number of nitrogens with one attached hydrogen (secondary N) is 1. The summed E-state index contributed by atoms with van der Waals surface area (Å²) < 4.78 is 7.13. The molecule has 1 aliphatic heterocycles. The number of carbonyl (C=O) groups is 1. The van der Waals surface area contributed by atoms with Crippen molar-refractivity contribution in [2.24, 2.45) is 0 Å². The fourth-order valence-corrected chi connectivity index (χ4v) is 2.60. The summed E-state index contributed by atoms with van der Waals surface area (Å²) in [7, 11) is 0. The smallest absolute Gasteiger partial charge is 0.305 e. The molecule has 0 spiro atoms. The lowest BCUT2D eigenvalue weighted by Crippen LogP contribution is -2.27. The number of hydrogen-bond donors (Lipinski definition) is 1. The summed E-state index contributed by atoms with van der Waals surface area (Å²) in [5.74, 6) is 0.498. The van der Waals surface area contributed by atoms with Gasteiger partial charge in [-0.2, -0.15) is 0 Å². The van der Waals surface area contributed by atoms with Crippen LogP contribution < -0.4 is 5.32 Å². The molecule has 0 radical (unpaired) electrons. The molecule has 0 amide bonds. The topological polar surface area (TPSA) is 56.2 Å². The molecule has 1 aliphatic rings. The highest BCUT2D eigenvalue weighted by molar-refractivity contribution is 5.69. The molecule has 0 saturated carbocycles. The lowest BCUT2D eigenvalue weighted by atomic mass is 9.95. The molecular weight excluding hydrogens is 242 g/mol. The van der Waals surface area contributed by atoms with Gasteiger partial charge in [0.2, 0.25) is 0 Å². The zero-order valence-electron chi connectivity index (χ0n) is 11.6. The Morgan fingerprint density at radius 3 is 3.05 bits per heavy atom. The molecule has 0 aromatic carbocycles. The van der Waals surface area contributed by atoms with Gasteiger partial charge in [-0.25, -0.2) is 4.98 Å². The van der Waals surface area contributed by atoms with Crippen LogP contribution in [0.5, 0.6) is 0 Å². The summed E-state index contributed by atoms with van der Waals surface area (Å²) in [4.78, 5) is 15.6. The molecule has 0 unspecified atom stereocenters. The van der Waals surface area contributed by atoms with Crippen LogP contribution in [0, 0.1) is 0 Å². The van der Waals surface area contributed by atoms with E-state index in [1.54, 1.807) is 0 Å². The van der Waals surface area contributed by atoms with Gasteiger partial charge >= 0.3 is 5.97 Å². The molecule has 19 heavy (non-hydrogen) atoms. The molecule has 1 aromatic rings. The van der Waals surface area contributed by atoms with Crippen LogP contribution in [-0.4, -0.2) is 35.2 Å². The second kappa shape index (κ2) is 7.28. The van der Waals surface area contributed by atoms with Crippen LogP contribution in [0.2, 0.25) is 0 Å². The van der Waals surface area contributed by atoms with Crippen LogP contribution in [0.3, 0.4) is 0 Å². The van der Waals surface area contributed by atoms with E-state index in [2.05, 4.69) is 14.9 Å². The number of nitrogens with zero attached hydrogens (tertiary/aromatic N) is 2. The molecule has 0 aliphatic carbocycles. The molecule has 1 N–H and O–H groups in total. The van der Waals surface area contributed by atoms with Gasteiger partial charge in [0.05, 0.1) is 12.9 Å². The van der Waals surface area contributed by atoms with Crippen molar-refractivity contribution in [3.05, 3.63) is 18.2 Å². The quantitative estimate of drug-likeness (QED) is 0.795. The second-order valence-electron chi connectivity index (χ2n) is 4.94. The lowest BCUT2D eigenvalue weighted by Gasteiger charge is -2.23. The van der Waals surface area contributed by atoms with Crippen LogP contribution in [0.1, 0.15) is 44.2 Å². The van der Waals surface area contributed by atoms with E-state index in [-0.39, 0.29) is 5.97 Å². The number of imidazole rings is 1. The van der Waals surface area contributed by atoms with E-state index in [9.17, 15) is 4.79 Å². The van der Waals surface area contributed by atoms with Gasteiger partial charge in [0.25, 0.3) is 0 Å². The average Bonchev–Trinajstić information content (AvgIpc) is 2.88. The average molecular weight is 265 g/mol. The maximum Gasteiger partial charge on any atom is 0.305 e. The number of aromatic nitrogens is 2. The SMILES string of the molecule is CCOC(=O)CCCn1cncc1C1CCNCC1. The van der Waals surface area contributed by atoms with Crippen molar-refractivity contribution in [1.82, 2.24) is 14.9 Å². The fourth-order valence-electron chi connectivity index (χ4n) is 2.60. The Balaban J connectivity index is 1.83. The monoisotopic (exact) mass is 265 g/mol. The van der Waals surface area contributed by atoms with E-state index in [0.717, 1.165) is 26.1 Å². The zero-order chi connectivity index (χ0) is 13.5. The predicted octanol–water partition coefficient (Wildman–Crippen LogP) is 1.69. The number of rotatable bonds is 6. The van der Waals surface area contributed by atoms with Gasteiger partial charge in [0.15, 0.2) is 0 Å². The highest BCUT2D eigenvalue weighted by Gasteiger charge is 2.18. The van der Waals surface area contributed by atoms with Crippen molar-refractivity contribution < 1.29 is 9.53 Å². The van der Waals surface area contributed by atoms with Crippen molar-refractivity contribution >= 4 is 5.97 Å². The standard InChI is InChI=1S/C14H23N3O2/c1-2-19-14(18)4-3-9-17-11-16-10-13(17)12-5-7-15-8-6-12/h10-12,15H,2-9H2,1H3. The molecule has 1 saturated heterocycles. The van der Waals surface area contributed by atoms with E-state index >= 15 is 0 Å². The Morgan fingerprint density at radius 2 is 2.32 bits per heavy atom. The summed E-state index contributed by atoms with van der Waals surface area (Å²) in [5, 5.41) is 3.38. The summed E-state index contributed by atoms with van der Waals surface area (Å²) in [6, 6.07) is 0. The highest BCUT2D eigenvalue weighted by atomic mass is 16.5. The van der Waals surface area contributed by atoms with Crippen molar-refractivity contribution in [2.45, 2.75) is 45.1 Å². The normalized spacial score (nSPS) is 16.5. The maximum atomic E-state index is 11.3. The van der Waals surface area contributed by atoms with Crippen LogP contribution in [0.15, 0.2) is 12.5 Å². The fraction of sp³-hybridized carbons (Fsp3) is 0.714. The van der Waals surface area contributed by atoms with Gasteiger partial charge in [-0.3, -0.25) is 4.79 Å². The molecule has 0 atom stereocenters. The van der Waals surface area contributed by atoms with Gasteiger partial charge in [-0.15, -0.1) is 0 Å². The molecule has 2 heterocycles. The Labute approximate surface area is 114 Å². The number of esters is 1. The number of ether oxygens (including phenoxy) is 1. The summed E-state index contributed by atoms with van der Waals surface area (Å²) in [6.45, 7) is 5.31. The van der Waals surface area contributed by atoms with Crippen molar-refractivity contribution in [1.29, 1.82) is 0 Å². The van der Waals surface area contributed by atoms with E-state index in [4.69, 9.17) is 4.74 Å². The van der Waals surface area contributed by atoms with Crippen LogP contribution in [0.25, 0.3) is 0 Å². The molecule has 2 rings (SSSR count). The van der Waals surface area contributed by atoms with Crippen molar-refractivity contribution in [3.8, 4) is 0 Å². The second-order valence-corrected chi connectivity index (χ2v) is 4.94. The summed E-state index contributed by atoms with van der Waals surface area (Å²) in [5.41, 5.74) is 1.31. The Kier molecular flexibility index (Phi) is 5.39. The molecule has 1 aromatic heterocycles. The number of piperidine rings is 1. The zero-order valence-corrected chi connectivity index (χ0v) is 11.6. The van der Waals surface area contributed by atoms with Gasteiger partial charge in [-0.1, -0.05) is 0 Å². The summed E-state index contributed by atoms with van der Waals surface area (Å²) >= 11 is 0. The van der Waals surface area contributed by atoms with Crippen LogP contribution in [-0.2, 0) is 16.1 Å². The molecule has 0 bridgehead atoms. The first kappa shape index (κ1) is 14.1. The molecule has 5 heteroatoms. The Morgan fingerprint density at radius 1 is 1.53 bits per heavy atom. The first-order valence-corrected chi connectivity index (χ1v) is 7.17. The number of aryl methyl sites for hydroxylation is 1. The van der Waals surface area contributed by atoms with Crippen LogP contribution >= 0.6 is 0 Å². The first-order valence-electron chi connectivity index (χ1n) is 7.17. The molecule has 1 fully saturated rings. The summed E-state index contributed by atoms with van der Waals surface area (Å²) in [6.07, 6.45) is 7.49. The molecule has 106 valence electrons. The first-order chi connectivity index (χ1) is 9.31. The number of hydrogen-bond acceptors (Lipinski definition) is 4. The van der Waals surface area contributed by atoms with Crippen molar-refractivity contribution in [3.63, 3.8) is 0 Å². The number of carbonyl (C=O) groups excluding carboxylic acids is 1. The van der Waals surface area contributed by atoms with Gasteiger partial charge < -0.3 is 14.6 Å². The minimum Gasteiger partial charge on any atom is -0.466 e. The third kappa shape index (κ3) is 4.06.